The van der Waals surface area contributed by atoms with Crippen LogP contribution >= 0.6 is 0 Å². The lowest BCUT2D eigenvalue weighted by Gasteiger charge is -2.15. The fourth-order valence-corrected chi connectivity index (χ4v) is 3.37. The highest BCUT2D eigenvalue weighted by Crippen LogP contribution is 2.25. The van der Waals surface area contributed by atoms with Crippen molar-refractivity contribution in [2.75, 3.05) is 0 Å². The molecule has 0 bridgehead atoms. The number of aliphatic hydroxyl groups is 1. The zero-order valence-electron chi connectivity index (χ0n) is 11.5. The van der Waals surface area contributed by atoms with Crippen LogP contribution in [0.4, 0.5) is 0 Å². The predicted octanol–water partition coefficient (Wildman–Crippen LogP) is 0.784. The minimum absolute atomic E-state index is 0.170. The third-order valence-corrected chi connectivity index (χ3v) is 4.45. The summed E-state index contributed by atoms with van der Waals surface area (Å²) in [5.41, 5.74) is 0.00230. The van der Waals surface area contributed by atoms with Crippen LogP contribution in [0.1, 0.15) is 23.4 Å². The Morgan fingerprint density at radius 1 is 1.24 bits per heavy atom. The largest absolute Gasteiger partial charge is 0.392 e. The zero-order chi connectivity index (χ0) is 15.8. The number of aryl methyl sites for hydroxylation is 1. The van der Waals surface area contributed by atoms with E-state index >= 15 is 0 Å². The summed E-state index contributed by atoms with van der Waals surface area (Å²) in [6, 6.07) is 8.58. The molecular formula is C13H16N2O5S. The van der Waals surface area contributed by atoms with Gasteiger partial charge in [0.05, 0.1) is 17.4 Å². The minimum atomic E-state index is -4.61. The van der Waals surface area contributed by atoms with Gasteiger partial charge in [-0.2, -0.15) is 8.42 Å². The van der Waals surface area contributed by atoms with Gasteiger partial charge in [0.2, 0.25) is 0 Å². The minimum Gasteiger partial charge on any atom is -0.392 e. The van der Waals surface area contributed by atoms with Gasteiger partial charge in [-0.3, -0.25) is 14.4 Å². The first-order chi connectivity index (χ1) is 9.73. The average Bonchev–Trinajstić information content (AvgIpc) is 2.66. The summed E-state index contributed by atoms with van der Waals surface area (Å²) >= 11 is 0. The highest BCUT2D eigenvalue weighted by molar-refractivity contribution is 7.86. The third-order valence-electron chi connectivity index (χ3n) is 3.17. The molecule has 3 N–H and O–H groups in total. The smallest absolute Gasteiger partial charge is 0.276 e. The van der Waals surface area contributed by atoms with E-state index in [0.29, 0.717) is 5.69 Å². The van der Waals surface area contributed by atoms with Gasteiger partial charge >= 0.3 is 0 Å². The number of para-hydroxylation sites is 1. The molecule has 0 aliphatic heterocycles. The van der Waals surface area contributed by atoms with Crippen molar-refractivity contribution in [1.82, 2.24) is 9.78 Å². The Balaban J connectivity index is 2.68. The van der Waals surface area contributed by atoms with Crippen LogP contribution in [0.3, 0.4) is 0 Å². The van der Waals surface area contributed by atoms with E-state index in [1.165, 1.54) is 18.5 Å². The third kappa shape index (κ3) is 2.92. The second-order valence-corrected chi connectivity index (χ2v) is 6.34. The molecule has 1 aromatic heterocycles. The fraction of sp³-hybridized carbons (Fsp3) is 0.308. The topological polar surface area (TPSA) is 112 Å². The summed E-state index contributed by atoms with van der Waals surface area (Å²) in [4.78, 5) is 12.4. The van der Waals surface area contributed by atoms with Crippen LogP contribution in [0.15, 0.2) is 35.1 Å². The maximum absolute atomic E-state index is 12.4. The van der Waals surface area contributed by atoms with Gasteiger partial charge in [-0.05, 0) is 26.0 Å². The van der Waals surface area contributed by atoms with Gasteiger partial charge in [-0.25, -0.2) is 4.68 Å². The summed E-state index contributed by atoms with van der Waals surface area (Å²) in [5, 5.41) is 10.7. The number of aromatic amines is 1. The van der Waals surface area contributed by atoms with Crippen LogP contribution in [0.2, 0.25) is 0 Å². The fourth-order valence-electron chi connectivity index (χ4n) is 2.29. The number of rotatable bonds is 4. The first-order valence-corrected chi connectivity index (χ1v) is 7.75. The van der Waals surface area contributed by atoms with Crippen LogP contribution in [-0.4, -0.2) is 34.0 Å². The number of H-pyrrole nitrogens is 1. The van der Waals surface area contributed by atoms with Gasteiger partial charge in [0, 0.05) is 5.69 Å². The molecule has 0 spiro atoms. The molecule has 0 unspecified atom stereocenters. The number of aliphatic hydroxyl groups excluding tert-OH is 1. The summed E-state index contributed by atoms with van der Waals surface area (Å²) in [7, 11) is -4.61. The van der Waals surface area contributed by atoms with Crippen molar-refractivity contribution in [2.45, 2.75) is 25.2 Å². The number of hydrogen-bond acceptors (Lipinski definition) is 4. The normalized spacial score (nSPS) is 14.9. The van der Waals surface area contributed by atoms with Gasteiger partial charge in [-0.15, -0.1) is 0 Å². The summed E-state index contributed by atoms with van der Waals surface area (Å²) < 4.78 is 33.4. The number of hydrogen-bond donors (Lipinski definition) is 3. The summed E-state index contributed by atoms with van der Waals surface area (Å²) in [6.07, 6.45) is -1.42. The maximum atomic E-state index is 12.4. The lowest BCUT2D eigenvalue weighted by molar-refractivity contribution is 0.184. The Morgan fingerprint density at radius 3 is 2.29 bits per heavy atom. The summed E-state index contributed by atoms with van der Waals surface area (Å²) in [6.45, 7) is 2.72. The quantitative estimate of drug-likeness (QED) is 0.722. The first-order valence-electron chi connectivity index (χ1n) is 6.24. The monoisotopic (exact) mass is 312 g/mol. The Kier molecular flexibility index (Phi) is 4.04. The molecule has 0 saturated heterocycles. The van der Waals surface area contributed by atoms with Crippen molar-refractivity contribution >= 4 is 10.1 Å². The maximum Gasteiger partial charge on any atom is 0.276 e. The van der Waals surface area contributed by atoms with Gasteiger partial charge in [0.15, 0.2) is 0 Å². The van der Waals surface area contributed by atoms with Crippen molar-refractivity contribution in [3.63, 3.8) is 0 Å². The molecule has 1 heterocycles. The molecule has 0 saturated carbocycles. The predicted molar refractivity (Wildman–Crippen MR) is 77.1 cm³/mol. The van der Waals surface area contributed by atoms with Gasteiger partial charge in [0.1, 0.15) is 5.25 Å². The van der Waals surface area contributed by atoms with E-state index in [-0.39, 0.29) is 11.3 Å². The van der Waals surface area contributed by atoms with Crippen molar-refractivity contribution in [3.05, 3.63) is 51.9 Å². The lowest BCUT2D eigenvalue weighted by atomic mass is 10.1. The molecule has 0 radical (unpaired) electrons. The van der Waals surface area contributed by atoms with E-state index in [9.17, 15) is 22.9 Å². The van der Waals surface area contributed by atoms with Gasteiger partial charge in [-0.1, -0.05) is 18.2 Å². The Bertz CT molecular complexity index is 790. The van der Waals surface area contributed by atoms with Crippen molar-refractivity contribution in [1.29, 1.82) is 0 Å². The Hall–Kier alpha value is -1.90. The van der Waals surface area contributed by atoms with E-state index in [1.807, 2.05) is 0 Å². The number of nitrogens with zero attached hydrogens (tertiary/aromatic N) is 1. The number of nitrogens with one attached hydrogen (secondary N) is 1. The second kappa shape index (κ2) is 5.47. The lowest BCUT2D eigenvalue weighted by Crippen LogP contribution is -2.29. The first kappa shape index (κ1) is 15.5. The van der Waals surface area contributed by atoms with Crippen molar-refractivity contribution in [2.24, 2.45) is 0 Å². The standard InChI is InChI=1S/C13H16N2O5S/c1-8-11(12(9(2)16)21(18,19)20)13(17)15(14-8)10-6-4-3-5-7-10/h3-7,9,12,14,16H,1-2H3,(H,18,19,20)/t9-,12+/m1/s1. The van der Waals surface area contributed by atoms with Crippen LogP contribution in [0.25, 0.3) is 5.69 Å². The number of aromatic nitrogens is 2. The zero-order valence-corrected chi connectivity index (χ0v) is 12.3. The van der Waals surface area contributed by atoms with Crippen LogP contribution in [-0.2, 0) is 10.1 Å². The molecule has 8 heteroatoms. The molecule has 7 nitrogen and oxygen atoms in total. The van der Waals surface area contributed by atoms with E-state index in [0.717, 1.165) is 0 Å². The molecule has 0 fully saturated rings. The molecule has 114 valence electrons. The molecule has 2 aromatic rings. The highest BCUT2D eigenvalue weighted by atomic mass is 32.2. The van der Waals surface area contributed by atoms with E-state index in [4.69, 9.17) is 0 Å². The van der Waals surface area contributed by atoms with E-state index in [1.54, 1.807) is 30.3 Å². The molecular weight excluding hydrogens is 296 g/mol. The van der Waals surface area contributed by atoms with Gasteiger partial charge in [0.25, 0.3) is 15.7 Å². The van der Waals surface area contributed by atoms with Crippen molar-refractivity contribution in [3.8, 4) is 5.69 Å². The van der Waals surface area contributed by atoms with Crippen LogP contribution in [0, 0.1) is 6.92 Å². The average molecular weight is 312 g/mol. The molecule has 0 aliphatic carbocycles. The highest BCUT2D eigenvalue weighted by Gasteiger charge is 2.35. The van der Waals surface area contributed by atoms with E-state index in [2.05, 4.69) is 5.10 Å². The molecule has 0 aliphatic rings. The SMILES string of the molecule is Cc1[nH]n(-c2ccccc2)c(=O)c1[C@H]([C@@H](C)O)S(=O)(=O)O. The van der Waals surface area contributed by atoms with Crippen molar-refractivity contribution < 1.29 is 18.1 Å². The molecule has 21 heavy (non-hydrogen) atoms. The molecule has 2 rings (SSSR count). The van der Waals surface area contributed by atoms with Crippen LogP contribution in [0.5, 0.6) is 0 Å². The van der Waals surface area contributed by atoms with Gasteiger partial charge < -0.3 is 5.11 Å². The van der Waals surface area contributed by atoms with E-state index < -0.39 is 27.0 Å². The van der Waals surface area contributed by atoms with Crippen LogP contribution < -0.4 is 5.56 Å². The molecule has 0 amide bonds. The number of benzene rings is 1. The second-order valence-electron chi connectivity index (χ2n) is 4.80. The Labute approximate surface area is 121 Å². The molecule has 2 atom stereocenters. The Morgan fingerprint density at radius 2 is 1.81 bits per heavy atom. The molecule has 1 aromatic carbocycles. The summed E-state index contributed by atoms with van der Waals surface area (Å²) in [5.74, 6) is 0.